The summed E-state index contributed by atoms with van der Waals surface area (Å²) in [6, 6.07) is 4.12. The van der Waals surface area contributed by atoms with E-state index in [9.17, 15) is 14.0 Å². The number of H-pyrrole nitrogens is 1. The van der Waals surface area contributed by atoms with Crippen LogP contribution in [0.15, 0.2) is 29.2 Å². The molecule has 0 radical (unpaired) electrons. The van der Waals surface area contributed by atoms with Crippen molar-refractivity contribution in [3.05, 3.63) is 57.4 Å². The van der Waals surface area contributed by atoms with E-state index in [2.05, 4.69) is 15.3 Å². The number of nitrogens with one attached hydrogen (secondary N) is 1. The molecule has 1 aliphatic heterocycles. The number of amides is 1. The fourth-order valence-corrected chi connectivity index (χ4v) is 3.39. The van der Waals surface area contributed by atoms with E-state index in [-0.39, 0.29) is 23.6 Å². The summed E-state index contributed by atoms with van der Waals surface area (Å²) in [7, 11) is 3.92. The Morgan fingerprint density at radius 3 is 2.96 bits per heavy atom. The minimum Gasteiger partial charge on any atom is -0.358 e. The van der Waals surface area contributed by atoms with Crippen LogP contribution in [0.25, 0.3) is 10.9 Å². The second kappa shape index (κ2) is 7.16. The molecule has 3 heterocycles. The number of likely N-dealkylation sites (N-methyl/N-ethyl adjacent to an activating group) is 1. The number of pyridine rings is 1. The number of hydrogen-bond acceptors (Lipinski definition) is 5. The van der Waals surface area contributed by atoms with Gasteiger partial charge in [-0.05, 0) is 32.3 Å². The van der Waals surface area contributed by atoms with Crippen molar-refractivity contribution in [2.45, 2.75) is 19.5 Å². The number of aromatic amines is 1. The molecule has 0 aliphatic carbocycles. The maximum atomic E-state index is 13.6. The number of rotatable bonds is 4. The number of halogens is 1. The van der Waals surface area contributed by atoms with Crippen LogP contribution < -0.4 is 5.43 Å². The topological polar surface area (TPSA) is 87.1 Å². The molecule has 0 saturated carbocycles. The SMILES string of the molecule is CN(C)CCn1cc(C(=O)N2CCc3[nH]c4ccc(F)cc4c(=O)c3C2)nn1. The Morgan fingerprint density at radius 2 is 2.18 bits per heavy atom. The third-order valence-electron chi connectivity index (χ3n) is 4.95. The van der Waals surface area contributed by atoms with Gasteiger partial charge in [0, 0.05) is 41.7 Å². The Hall–Kier alpha value is -3.07. The highest BCUT2D eigenvalue weighted by Crippen LogP contribution is 2.20. The molecule has 1 N–H and O–H groups in total. The quantitative estimate of drug-likeness (QED) is 0.726. The molecule has 9 heteroatoms. The summed E-state index contributed by atoms with van der Waals surface area (Å²) in [5, 5.41) is 8.27. The van der Waals surface area contributed by atoms with Crippen LogP contribution in [-0.2, 0) is 19.5 Å². The number of carbonyl (C=O) groups excluding carboxylic acids is 1. The lowest BCUT2D eigenvalue weighted by Crippen LogP contribution is -2.39. The van der Waals surface area contributed by atoms with Crippen LogP contribution in [0.5, 0.6) is 0 Å². The molecule has 0 unspecified atom stereocenters. The Morgan fingerprint density at radius 1 is 1.36 bits per heavy atom. The fourth-order valence-electron chi connectivity index (χ4n) is 3.39. The van der Waals surface area contributed by atoms with E-state index in [1.165, 1.54) is 12.1 Å². The molecule has 28 heavy (non-hydrogen) atoms. The zero-order chi connectivity index (χ0) is 19.8. The van der Waals surface area contributed by atoms with Gasteiger partial charge in [0.15, 0.2) is 11.1 Å². The van der Waals surface area contributed by atoms with Gasteiger partial charge in [-0.15, -0.1) is 5.10 Å². The van der Waals surface area contributed by atoms with Crippen molar-refractivity contribution in [2.75, 3.05) is 27.2 Å². The number of hydrogen-bond donors (Lipinski definition) is 1. The van der Waals surface area contributed by atoms with Gasteiger partial charge in [-0.1, -0.05) is 5.21 Å². The summed E-state index contributed by atoms with van der Waals surface area (Å²) < 4.78 is 15.2. The first-order valence-corrected chi connectivity index (χ1v) is 9.10. The lowest BCUT2D eigenvalue weighted by molar-refractivity contribution is 0.0727. The molecular weight excluding hydrogens is 363 g/mol. The largest absolute Gasteiger partial charge is 0.358 e. The van der Waals surface area contributed by atoms with E-state index >= 15 is 0 Å². The Kier molecular flexibility index (Phi) is 4.68. The molecule has 1 aliphatic rings. The highest BCUT2D eigenvalue weighted by molar-refractivity contribution is 5.92. The molecular formula is C19H21FN6O2. The minimum atomic E-state index is -0.462. The minimum absolute atomic E-state index is 0.167. The van der Waals surface area contributed by atoms with Gasteiger partial charge in [-0.2, -0.15) is 0 Å². The number of fused-ring (bicyclic) bond motifs is 2. The summed E-state index contributed by atoms with van der Waals surface area (Å²) in [4.78, 5) is 32.4. The van der Waals surface area contributed by atoms with Crippen LogP contribution in [0.4, 0.5) is 4.39 Å². The Bertz CT molecular complexity index is 1100. The third-order valence-corrected chi connectivity index (χ3v) is 4.95. The summed E-state index contributed by atoms with van der Waals surface area (Å²) in [5.74, 6) is -0.725. The molecule has 4 rings (SSSR count). The predicted molar refractivity (Wildman–Crippen MR) is 102 cm³/mol. The van der Waals surface area contributed by atoms with E-state index in [0.29, 0.717) is 36.0 Å². The standard InChI is InChI=1S/C19H21FN6O2/c1-24(2)7-8-26-11-17(22-23-26)19(28)25-6-5-16-14(10-25)18(27)13-9-12(20)3-4-15(13)21-16/h3-4,9,11H,5-8,10H2,1-2H3,(H,21,27). The molecule has 3 aromatic rings. The predicted octanol–water partition coefficient (Wildman–Crippen LogP) is 1.02. The van der Waals surface area contributed by atoms with Gasteiger partial charge in [-0.3, -0.25) is 14.3 Å². The average Bonchev–Trinajstić information content (AvgIpc) is 3.15. The van der Waals surface area contributed by atoms with E-state index in [1.807, 2.05) is 19.0 Å². The maximum Gasteiger partial charge on any atom is 0.276 e. The molecule has 0 atom stereocenters. The highest BCUT2D eigenvalue weighted by atomic mass is 19.1. The Labute approximate surface area is 160 Å². The van der Waals surface area contributed by atoms with Crippen molar-refractivity contribution < 1.29 is 9.18 Å². The summed E-state index contributed by atoms with van der Waals surface area (Å²) >= 11 is 0. The maximum absolute atomic E-state index is 13.6. The molecule has 2 aromatic heterocycles. The number of carbonyl (C=O) groups is 1. The first-order valence-electron chi connectivity index (χ1n) is 9.10. The molecule has 1 aromatic carbocycles. The number of nitrogens with zero attached hydrogens (tertiary/aromatic N) is 5. The van der Waals surface area contributed by atoms with Gasteiger partial charge in [0.25, 0.3) is 5.91 Å². The van der Waals surface area contributed by atoms with Crippen molar-refractivity contribution in [1.82, 2.24) is 29.8 Å². The van der Waals surface area contributed by atoms with Gasteiger partial charge >= 0.3 is 0 Å². The number of benzene rings is 1. The van der Waals surface area contributed by atoms with Gasteiger partial charge in [0.2, 0.25) is 0 Å². The molecule has 146 valence electrons. The summed E-state index contributed by atoms with van der Waals surface area (Å²) in [6.07, 6.45) is 2.15. The second-order valence-electron chi connectivity index (χ2n) is 7.25. The summed E-state index contributed by atoms with van der Waals surface area (Å²) in [5.41, 5.74) is 1.91. The molecule has 1 amide bonds. The van der Waals surface area contributed by atoms with Crippen LogP contribution >= 0.6 is 0 Å². The van der Waals surface area contributed by atoms with Crippen LogP contribution in [0.2, 0.25) is 0 Å². The zero-order valence-electron chi connectivity index (χ0n) is 15.8. The van der Waals surface area contributed by atoms with E-state index < -0.39 is 5.82 Å². The van der Waals surface area contributed by atoms with E-state index in [1.54, 1.807) is 21.8 Å². The number of aromatic nitrogens is 4. The lowest BCUT2D eigenvalue weighted by Gasteiger charge is -2.27. The molecule has 0 bridgehead atoms. The first kappa shape index (κ1) is 18.3. The lowest BCUT2D eigenvalue weighted by atomic mass is 10.0. The first-order chi connectivity index (χ1) is 13.4. The molecule has 8 nitrogen and oxygen atoms in total. The van der Waals surface area contributed by atoms with Crippen molar-refractivity contribution >= 4 is 16.8 Å². The van der Waals surface area contributed by atoms with Gasteiger partial charge in [0.1, 0.15) is 5.82 Å². The van der Waals surface area contributed by atoms with E-state index in [0.717, 1.165) is 12.2 Å². The van der Waals surface area contributed by atoms with Gasteiger partial charge < -0.3 is 14.8 Å². The smallest absolute Gasteiger partial charge is 0.276 e. The normalized spacial score (nSPS) is 13.9. The van der Waals surface area contributed by atoms with Crippen LogP contribution in [-0.4, -0.2) is 62.9 Å². The van der Waals surface area contributed by atoms with Gasteiger partial charge in [-0.25, -0.2) is 4.39 Å². The average molecular weight is 384 g/mol. The fraction of sp³-hybridized carbons (Fsp3) is 0.368. The van der Waals surface area contributed by atoms with Crippen LogP contribution in [0, 0.1) is 5.82 Å². The van der Waals surface area contributed by atoms with Crippen LogP contribution in [0.1, 0.15) is 21.7 Å². The second-order valence-corrected chi connectivity index (χ2v) is 7.25. The van der Waals surface area contributed by atoms with Gasteiger partial charge in [0.05, 0.1) is 19.3 Å². The van der Waals surface area contributed by atoms with Crippen LogP contribution in [0.3, 0.4) is 0 Å². The summed E-state index contributed by atoms with van der Waals surface area (Å²) in [6.45, 7) is 2.06. The Balaban J connectivity index is 1.58. The zero-order valence-corrected chi connectivity index (χ0v) is 15.8. The molecule has 0 saturated heterocycles. The third kappa shape index (κ3) is 3.40. The van der Waals surface area contributed by atoms with Crippen molar-refractivity contribution in [3.63, 3.8) is 0 Å². The van der Waals surface area contributed by atoms with Crippen molar-refractivity contribution in [1.29, 1.82) is 0 Å². The van der Waals surface area contributed by atoms with Crippen molar-refractivity contribution in [2.24, 2.45) is 0 Å². The van der Waals surface area contributed by atoms with Crippen molar-refractivity contribution in [3.8, 4) is 0 Å². The molecule has 0 fully saturated rings. The monoisotopic (exact) mass is 384 g/mol. The van der Waals surface area contributed by atoms with E-state index in [4.69, 9.17) is 0 Å². The highest BCUT2D eigenvalue weighted by Gasteiger charge is 2.26. The molecule has 0 spiro atoms.